The van der Waals surface area contributed by atoms with Gasteiger partial charge >= 0.3 is 6.18 Å². The van der Waals surface area contributed by atoms with Gasteiger partial charge in [0.2, 0.25) is 5.91 Å². The number of benzene rings is 2. The molecule has 0 radical (unpaired) electrons. The van der Waals surface area contributed by atoms with Crippen LogP contribution in [-0.4, -0.2) is 30.5 Å². The summed E-state index contributed by atoms with van der Waals surface area (Å²) < 4.78 is 53.5. The molecular formula is C21H20F4N2O2S. The predicted octanol–water partition coefficient (Wildman–Crippen LogP) is 5.38. The van der Waals surface area contributed by atoms with Crippen LogP contribution in [0.3, 0.4) is 0 Å². The molecule has 0 aliphatic carbocycles. The number of nitrogens with zero attached hydrogens (tertiary/aromatic N) is 1. The van der Waals surface area contributed by atoms with Crippen LogP contribution in [0.4, 0.5) is 28.9 Å². The molecule has 0 spiro atoms. The van der Waals surface area contributed by atoms with Gasteiger partial charge in [-0.05, 0) is 50.1 Å². The summed E-state index contributed by atoms with van der Waals surface area (Å²) in [5.41, 5.74) is 0.000328. The summed E-state index contributed by atoms with van der Waals surface area (Å²) >= 11 is 0.908. The Hall–Kier alpha value is -2.55. The fraction of sp³-hybridized carbons (Fsp3) is 0.333. The average molecular weight is 440 g/mol. The van der Waals surface area contributed by atoms with Gasteiger partial charge in [-0.1, -0.05) is 6.07 Å². The monoisotopic (exact) mass is 440 g/mol. The number of thioether (sulfide) groups is 1. The molecule has 1 saturated heterocycles. The lowest BCUT2D eigenvalue weighted by molar-refractivity contribution is -0.137. The molecule has 1 amide bonds. The largest absolute Gasteiger partial charge is 0.416 e. The van der Waals surface area contributed by atoms with E-state index in [0.717, 1.165) is 42.8 Å². The van der Waals surface area contributed by atoms with E-state index in [1.54, 1.807) is 0 Å². The molecular weight excluding hydrogens is 420 g/mol. The SMILES string of the molecule is CC(=O)c1ccc(SCC(=O)Nc2cc(C(F)(F)F)ccc2N2CCCC2)c(F)c1. The fourth-order valence-electron chi connectivity index (χ4n) is 3.21. The Kier molecular flexibility index (Phi) is 6.70. The molecule has 0 unspecified atom stereocenters. The molecule has 0 aromatic heterocycles. The highest BCUT2D eigenvalue weighted by Gasteiger charge is 2.32. The van der Waals surface area contributed by atoms with Gasteiger partial charge in [-0.2, -0.15) is 13.2 Å². The third kappa shape index (κ3) is 5.33. The van der Waals surface area contributed by atoms with Gasteiger partial charge in [0.25, 0.3) is 0 Å². The average Bonchev–Trinajstić information content (AvgIpc) is 3.20. The Morgan fingerprint density at radius 2 is 1.80 bits per heavy atom. The molecule has 2 aromatic carbocycles. The Balaban J connectivity index is 1.74. The van der Waals surface area contributed by atoms with Crippen molar-refractivity contribution in [2.24, 2.45) is 0 Å². The van der Waals surface area contributed by atoms with E-state index in [1.807, 2.05) is 4.90 Å². The predicted molar refractivity (Wildman–Crippen MR) is 109 cm³/mol. The molecule has 0 bridgehead atoms. The summed E-state index contributed by atoms with van der Waals surface area (Å²) in [5, 5.41) is 2.54. The van der Waals surface area contributed by atoms with Crippen molar-refractivity contribution in [2.45, 2.75) is 30.8 Å². The van der Waals surface area contributed by atoms with E-state index in [0.29, 0.717) is 18.8 Å². The Morgan fingerprint density at radius 3 is 2.40 bits per heavy atom. The topological polar surface area (TPSA) is 49.4 Å². The van der Waals surface area contributed by atoms with E-state index in [1.165, 1.54) is 25.1 Å². The number of anilines is 2. The summed E-state index contributed by atoms with van der Waals surface area (Å²) in [5.74, 6) is -1.64. The number of Topliss-reactive ketones (excluding diaryl/α,β-unsaturated/α-hetero) is 1. The second kappa shape index (κ2) is 9.07. The normalized spacial score (nSPS) is 14.1. The molecule has 1 aliphatic rings. The molecule has 1 aliphatic heterocycles. The summed E-state index contributed by atoms with van der Waals surface area (Å²) in [6.07, 6.45) is -2.67. The van der Waals surface area contributed by atoms with Gasteiger partial charge < -0.3 is 10.2 Å². The highest BCUT2D eigenvalue weighted by atomic mass is 32.2. The van der Waals surface area contributed by atoms with Crippen molar-refractivity contribution in [3.63, 3.8) is 0 Å². The van der Waals surface area contributed by atoms with Crippen LogP contribution in [0.5, 0.6) is 0 Å². The first-order valence-electron chi connectivity index (χ1n) is 9.34. The quantitative estimate of drug-likeness (QED) is 0.372. The van der Waals surface area contributed by atoms with Crippen molar-refractivity contribution in [1.29, 1.82) is 0 Å². The zero-order valence-electron chi connectivity index (χ0n) is 16.2. The first-order valence-corrected chi connectivity index (χ1v) is 10.3. The van der Waals surface area contributed by atoms with Crippen LogP contribution in [0.2, 0.25) is 0 Å². The van der Waals surface area contributed by atoms with E-state index >= 15 is 0 Å². The van der Waals surface area contributed by atoms with Gasteiger partial charge in [-0.3, -0.25) is 9.59 Å². The van der Waals surface area contributed by atoms with E-state index in [-0.39, 0.29) is 27.7 Å². The van der Waals surface area contributed by atoms with Crippen LogP contribution in [0.1, 0.15) is 35.7 Å². The molecule has 1 N–H and O–H groups in total. The van der Waals surface area contributed by atoms with Crippen molar-refractivity contribution in [1.82, 2.24) is 0 Å². The van der Waals surface area contributed by atoms with Crippen LogP contribution < -0.4 is 10.2 Å². The second-order valence-electron chi connectivity index (χ2n) is 6.96. The molecule has 1 heterocycles. The van der Waals surface area contributed by atoms with Crippen molar-refractivity contribution in [3.05, 3.63) is 53.3 Å². The number of carbonyl (C=O) groups is 2. The lowest BCUT2D eigenvalue weighted by Gasteiger charge is -2.23. The number of halogens is 4. The minimum Gasteiger partial charge on any atom is -0.370 e. The molecule has 0 atom stereocenters. The number of amides is 1. The van der Waals surface area contributed by atoms with Crippen molar-refractivity contribution >= 4 is 34.8 Å². The number of hydrogen-bond donors (Lipinski definition) is 1. The zero-order chi connectivity index (χ0) is 21.9. The lowest BCUT2D eigenvalue weighted by Crippen LogP contribution is -2.22. The molecule has 30 heavy (non-hydrogen) atoms. The molecule has 2 aromatic rings. The van der Waals surface area contributed by atoms with Gasteiger partial charge in [-0.25, -0.2) is 4.39 Å². The second-order valence-corrected chi connectivity index (χ2v) is 7.98. The van der Waals surface area contributed by atoms with E-state index < -0.39 is 23.5 Å². The van der Waals surface area contributed by atoms with Gasteiger partial charge in [0.1, 0.15) is 5.82 Å². The Bertz CT molecular complexity index is 957. The number of hydrogen-bond acceptors (Lipinski definition) is 4. The van der Waals surface area contributed by atoms with Crippen molar-refractivity contribution < 1.29 is 27.2 Å². The van der Waals surface area contributed by atoms with Crippen LogP contribution in [-0.2, 0) is 11.0 Å². The van der Waals surface area contributed by atoms with Crippen LogP contribution in [0.15, 0.2) is 41.3 Å². The maximum absolute atomic E-state index is 14.1. The first kappa shape index (κ1) is 22.1. The fourth-order valence-corrected chi connectivity index (χ4v) is 3.93. The minimum absolute atomic E-state index is 0.0877. The first-order chi connectivity index (χ1) is 14.1. The number of ketones is 1. The van der Waals surface area contributed by atoms with Crippen LogP contribution >= 0.6 is 11.8 Å². The third-order valence-electron chi connectivity index (χ3n) is 4.74. The van der Waals surface area contributed by atoms with Crippen molar-refractivity contribution in [2.75, 3.05) is 29.1 Å². The van der Waals surface area contributed by atoms with Crippen molar-refractivity contribution in [3.8, 4) is 0 Å². The highest BCUT2D eigenvalue weighted by Crippen LogP contribution is 2.36. The van der Waals surface area contributed by atoms with Crippen LogP contribution in [0.25, 0.3) is 0 Å². The van der Waals surface area contributed by atoms with Gasteiger partial charge in [0.15, 0.2) is 5.78 Å². The number of carbonyl (C=O) groups excluding carboxylic acids is 2. The number of nitrogens with one attached hydrogen (secondary N) is 1. The molecule has 9 heteroatoms. The number of alkyl halides is 3. The maximum Gasteiger partial charge on any atom is 0.416 e. The maximum atomic E-state index is 14.1. The molecule has 0 saturated carbocycles. The smallest absolute Gasteiger partial charge is 0.370 e. The molecule has 1 fully saturated rings. The van der Waals surface area contributed by atoms with E-state index in [9.17, 15) is 27.2 Å². The standard InChI is InChI=1S/C21H20F4N2O2S/c1-13(28)14-4-7-19(16(22)10-14)30-12-20(29)26-17-11-15(21(23,24)25)5-6-18(17)27-8-2-3-9-27/h4-7,10-11H,2-3,8-9,12H2,1H3,(H,26,29). The molecule has 160 valence electrons. The van der Waals surface area contributed by atoms with E-state index in [4.69, 9.17) is 0 Å². The van der Waals surface area contributed by atoms with Crippen LogP contribution in [0, 0.1) is 5.82 Å². The summed E-state index contributed by atoms with van der Waals surface area (Å²) in [4.78, 5) is 25.8. The van der Waals surface area contributed by atoms with Gasteiger partial charge in [-0.15, -0.1) is 11.8 Å². The highest BCUT2D eigenvalue weighted by molar-refractivity contribution is 8.00. The molecule has 3 rings (SSSR count). The lowest BCUT2D eigenvalue weighted by atomic mass is 10.1. The van der Waals surface area contributed by atoms with Gasteiger partial charge in [0.05, 0.1) is 22.7 Å². The summed E-state index contributed by atoms with van der Waals surface area (Å²) in [7, 11) is 0. The zero-order valence-corrected chi connectivity index (χ0v) is 17.0. The Morgan fingerprint density at radius 1 is 1.10 bits per heavy atom. The van der Waals surface area contributed by atoms with E-state index in [2.05, 4.69) is 5.32 Å². The Labute approximate surface area is 175 Å². The summed E-state index contributed by atoms with van der Waals surface area (Å²) in [6.45, 7) is 2.73. The summed E-state index contributed by atoms with van der Waals surface area (Å²) in [6, 6.07) is 7.27. The third-order valence-corrected chi connectivity index (χ3v) is 5.79. The molecule has 4 nitrogen and oxygen atoms in total. The van der Waals surface area contributed by atoms with Gasteiger partial charge in [0, 0.05) is 23.5 Å². The number of rotatable bonds is 6. The minimum atomic E-state index is -4.53.